The van der Waals surface area contributed by atoms with E-state index in [-0.39, 0.29) is 5.91 Å². The predicted molar refractivity (Wildman–Crippen MR) is 98.7 cm³/mol. The van der Waals surface area contributed by atoms with Crippen molar-refractivity contribution in [1.29, 1.82) is 0 Å². The molecule has 1 saturated heterocycles. The van der Waals surface area contributed by atoms with E-state index in [1.165, 1.54) is 11.3 Å². The van der Waals surface area contributed by atoms with E-state index in [4.69, 9.17) is 9.47 Å². The van der Waals surface area contributed by atoms with E-state index in [2.05, 4.69) is 4.98 Å². The van der Waals surface area contributed by atoms with Crippen LogP contribution in [0.2, 0.25) is 0 Å². The van der Waals surface area contributed by atoms with Crippen LogP contribution in [0.5, 0.6) is 11.5 Å². The molecule has 0 radical (unpaired) electrons. The van der Waals surface area contributed by atoms with E-state index in [9.17, 15) is 4.79 Å². The van der Waals surface area contributed by atoms with Crippen molar-refractivity contribution in [1.82, 2.24) is 9.88 Å². The standard InChI is InChI=1S/C19H24N2O3S/c1-13-18(25-14(2)20-13)19(22)21-9-5-6-15(11-21)12-24-17-8-4-7-16(10-17)23-3/h4,7-8,10,15H,5-6,9,11-12H2,1-3H3/t15-/m1/s1. The average molecular weight is 360 g/mol. The molecule has 0 aliphatic carbocycles. The molecule has 1 fully saturated rings. The number of aryl methyl sites for hydroxylation is 2. The lowest BCUT2D eigenvalue weighted by Crippen LogP contribution is -2.41. The van der Waals surface area contributed by atoms with Crippen LogP contribution < -0.4 is 9.47 Å². The Kier molecular flexibility index (Phi) is 5.58. The third-order valence-corrected chi connectivity index (χ3v) is 5.49. The first-order chi connectivity index (χ1) is 12.1. The molecule has 1 amide bonds. The van der Waals surface area contributed by atoms with Gasteiger partial charge in [-0.3, -0.25) is 4.79 Å². The Bertz CT molecular complexity index is 744. The Hall–Kier alpha value is -2.08. The van der Waals surface area contributed by atoms with Crippen molar-refractivity contribution in [3.05, 3.63) is 39.8 Å². The minimum absolute atomic E-state index is 0.106. The molecular weight excluding hydrogens is 336 g/mol. The molecule has 2 heterocycles. The normalized spacial score (nSPS) is 17.4. The SMILES string of the molecule is COc1cccc(OC[C@@H]2CCCN(C(=O)c3sc(C)nc3C)C2)c1. The summed E-state index contributed by atoms with van der Waals surface area (Å²) in [5, 5.41) is 0.941. The maximum atomic E-state index is 12.8. The highest BCUT2D eigenvalue weighted by Gasteiger charge is 2.27. The molecule has 1 aromatic heterocycles. The summed E-state index contributed by atoms with van der Waals surface area (Å²) in [6, 6.07) is 7.62. The first-order valence-electron chi connectivity index (χ1n) is 8.57. The number of likely N-dealkylation sites (tertiary alicyclic amines) is 1. The molecule has 5 nitrogen and oxygen atoms in total. The molecule has 1 atom stereocenters. The zero-order valence-corrected chi connectivity index (χ0v) is 15.8. The number of hydrogen-bond donors (Lipinski definition) is 0. The highest BCUT2D eigenvalue weighted by molar-refractivity contribution is 7.13. The summed E-state index contributed by atoms with van der Waals surface area (Å²) in [6.45, 7) is 6.00. The minimum Gasteiger partial charge on any atom is -0.497 e. The summed E-state index contributed by atoms with van der Waals surface area (Å²) >= 11 is 1.48. The summed E-state index contributed by atoms with van der Waals surface area (Å²) in [5.74, 6) is 2.04. The summed E-state index contributed by atoms with van der Waals surface area (Å²) in [5.41, 5.74) is 0.835. The second kappa shape index (κ2) is 7.87. The van der Waals surface area contributed by atoms with Crippen LogP contribution in [0.25, 0.3) is 0 Å². The zero-order chi connectivity index (χ0) is 17.8. The van der Waals surface area contributed by atoms with Crippen molar-refractivity contribution in [2.24, 2.45) is 5.92 Å². The zero-order valence-electron chi connectivity index (χ0n) is 14.9. The van der Waals surface area contributed by atoms with Crippen molar-refractivity contribution in [2.75, 3.05) is 26.8 Å². The topological polar surface area (TPSA) is 51.7 Å². The summed E-state index contributed by atoms with van der Waals surface area (Å²) < 4.78 is 11.1. The van der Waals surface area contributed by atoms with Crippen LogP contribution in [0.15, 0.2) is 24.3 Å². The van der Waals surface area contributed by atoms with E-state index in [1.807, 2.05) is 43.0 Å². The molecule has 1 aromatic carbocycles. The van der Waals surface area contributed by atoms with Gasteiger partial charge in [-0.2, -0.15) is 0 Å². The molecular formula is C19H24N2O3S. The summed E-state index contributed by atoms with van der Waals surface area (Å²) in [7, 11) is 1.65. The van der Waals surface area contributed by atoms with Gasteiger partial charge in [0.2, 0.25) is 0 Å². The number of aromatic nitrogens is 1. The van der Waals surface area contributed by atoms with Gasteiger partial charge in [0.1, 0.15) is 16.4 Å². The molecule has 0 N–H and O–H groups in total. The van der Waals surface area contributed by atoms with Gasteiger partial charge >= 0.3 is 0 Å². The number of amides is 1. The van der Waals surface area contributed by atoms with Crippen LogP contribution in [0.1, 0.15) is 33.2 Å². The average Bonchev–Trinajstić information content (AvgIpc) is 2.98. The van der Waals surface area contributed by atoms with Gasteiger partial charge < -0.3 is 14.4 Å². The Labute approximate surface area is 152 Å². The number of rotatable bonds is 5. The maximum Gasteiger partial charge on any atom is 0.265 e. The van der Waals surface area contributed by atoms with Gasteiger partial charge in [0.15, 0.2) is 0 Å². The van der Waals surface area contributed by atoms with Crippen molar-refractivity contribution >= 4 is 17.2 Å². The van der Waals surface area contributed by atoms with Crippen molar-refractivity contribution in [3.8, 4) is 11.5 Å². The van der Waals surface area contributed by atoms with Crippen molar-refractivity contribution in [2.45, 2.75) is 26.7 Å². The van der Waals surface area contributed by atoms with Crippen LogP contribution in [0, 0.1) is 19.8 Å². The van der Waals surface area contributed by atoms with E-state index >= 15 is 0 Å². The lowest BCUT2D eigenvalue weighted by molar-refractivity contribution is 0.0637. The van der Waals surface area contributed by atoms with Crippen LogP contribution in [-0.2, 0) is 0 Å². The third-order valence-electron chi connectivity index (χ3n) is 4.43. The molecule has 25 heavy (non-hydrogen) atoms. The van der Waals surface area contributed by atoms with E-state index in [1.54, 1.807) is 7.11 Å². The van der Waals surface area contributed by atoms with Crippen molar-refractivity contribution in [3.63, 3.8) is 0 Å². The number of carbonyl (C=O) groups is 1. The number of ether oxygens (including phenoxy) is 2. The largest absolute Gasteiger partial charge is 0.497 e. The molecule has 0 unspecified atom stereocenters. The van der Waals surface area contributed by atoms with Crippen LogP contribution in [0.4, 0.5) is 0 Å². The Morgan fingerprint density at radius 1 is 1.36 bits per heavy atom. The fraction of sp³-hybridized carbons (Fsp3) is 0.474. The van der Waals surface area contributed by atoms with Gasteiger partial charge in [-0.15, -0.1) is 11.3 Å². The van der Waals surface area contributed by atoms with Gasteiger partial charge in [0.25, 0.3) is 5.91 Å². The second-order valence-corrected chi connectivity index (χ2v) is 7.60. The van der Waals surface area contributed by atoms with Gasteiger partial charge in [-0.25, -0.2) is 4.98 Å². The highest BCUT2D eigenvalue weighted by atomic mass is 32.1. The van der Waals surface area contributed by atoms with E-state index in [0.29, 0.717) is 12.5 Å². The molecule has 1 aliphatic heterocycles. The lowest BCUT2D eigenvalue weighted by Gasteiger charge is -2.32. The fourth-order valence-electron chi connectivity index (χ4n) is 3.16. The van der Waals surface area contributed by atoms with E-state index < -0.39 is 0 Å². The smallest absolute Gasteiger partial charge is 0.265 e. The number of hydrogen-bond acceptors (Lipinski definition) is 5. The van der Waals surface area contributed by atoms with Gasteiger partial charge in [-0.1, -0.05) is 6.07 Å². The number of nitrogens with zero attached hydrogens (tertiary/aromatic N) is 2. The fourth-order valence-corrected chi connectivity index (χ4v) is 4.05. The van der Waals surface area contributed by atoms with Gasteiger partial charge in [0.05, 0.1) is 24.4 Å². The van der Waals surface area contributed by atoms with Gasteiger partial charge in [0, 0.05) is 25.1 Å². The van der Waals surface area contributed by atoms with Crippen LogP contribution in [0.3, 0.4) is 0 Å². The monoisotopic (exact) mass is 360 g/mol. The number of benzene rings is 1. The third kappa shape index (κ3) is 4.31. The molecule has 134 valence electrons. The molecule has 2 aromatic rings. The maximum absolute atomic E-state index is 12.8. The number of methoxy groups -OCH3 is 1. The van der Waals surface area contributed by atoms with Crippen molar-refractivity contribution < 1.29 is 14.3 Å². The Morgan fingerprint density at radius 2 is 2.16 bits per heavy atom. The minimum atomic E-state index is 0.106. The molecule has 0 spiro atoms. The highest BCUT2D eigenvalue weighted by Crippen LogP contribution is 2.25. The van der Waals surface area contributed by atoms with E-state index in [0.717, 1.165) is 53.0 Å². The summed E-state index contributed by atoms with van der Waals surface area (Å²) in [6.07, 6.45) is 2.09. The Balaban J connectivity index is 1.59. The molecule has 3 rings (SSSR count). The first-order valence-corrected chi connectivity index (χ1v) is 9.38. The number of thiazole rings is 1. The quantitative estimate of drug-likeness (QED) is 0.816. The molecule has 0 saturated carbocycles. The number of carbonyl (C=O) groups excluding carboxylic acids is 1. The number of piperidine rings is 1. The molecule has 1 aliphatic rings. The van der Waals surface area contributed by atoms with Crippen LogP contribution in [-0.4, -0.2) is 42.6 Å². The van der Waals surface area contributed by atoms with Crippen LogP contribution >= 0.6 is 11.3 Å². The second-order valence-electron chi connectivity index (χ2n) is 6.40. The predicted octanol–water partition coefficient (Wildman–Crippen LogP) is 3.70. The Morgan fingerprint density at radius 3 is 2.88 bits per heavy atom. The first kappa shape index (κ1) is 17.7. The molecule has 0 bridgehead atoms. The lowest BCUT2D eigenvalue weighted by atomic mass is 9.98. The van der Waals surface area contributed by atoms with Gasteiger partial charge in [-0.05, 0) is 38.8 Å². The molecule has 6 heteroatoms. The summed E-state index contributed by atoms with van der Waals surface area (Å²) in [4.78, 5) is 19.9.